The maximum Gasteiger partial charge on any atom is 0.340 e. The third-order valence-corrected chi connectivity index (χ3v) is 5.27. The van der Waals surface area contributed by atoms with Gasteiger partial charge in [0.05, 0.1) is 13.2 Å². The van der Waals surface area contributed by atoms with E-state index in [1.165, 1.54) is 24.3 Å². The summed E-state index contributed by atoms with van der Waals surface area (Å²) >= 11 is 0. The lowest BCUT2D eigenvalue weighted by molar-refractivity contribution is 0.0251. The normalized spacial score (nSPS) is 14.2. The molecule has 1 saturated heterocycles. The Labute approximate surface area is 181 Å². The second-order valence-electron chi connectivity index (χ2n) is 7.83. The fourth-order valence-corrected chi connectivity index (χ4v) is 3.53. The van der Waals surface area contributed by atoms with Gasteiger partial charge < -0.3 is 19.7 Å². The van der Waals surface area contributed by atoms with Gasteiger partial charge >= 0.3 is 5.97 Å². The number of ether oxygens (including phenoxy) is 2. The zero-order valence-corrected chi connectivity index (χ0v) is 17.8. The van der Waals surface area contributed by atoms with Crippen molar-refractivity contribution in [3.8, 4) is 11.5 Å². The van der Waals surface area contributed by atoms with E-state index < -0.39 is 11.8 Å². The van der Waals surface area contributed by atoms with Crippen LogP contribution in [-0.4, -0.2) is 35.5 Å². The quantitative estimate of drug-likeness (QED) is 0.583. The summed E-state index contributed by atoms with van der Waals surface area (Å²) in [7, 11) is 0. The molecule has 5 nitrogen and oxygen atoms in total. The summed E-state index contributed by atoms with van der Waals surface area (Å²) in [6.07, 6.45) is 3.55. The van der Waals surface area contributed by atoms with E-state index in [0.29, 0.717) is 54.9 Å². The molecule has 0 aliphatic carbocycles. The highest BCUT2D eigenvalue weighted by molar-refractivity contribution is 6.00. The van der Waals surface area contributed by atoms with Gasteiger partial charge in [0.25, 0.3) is 0 Å². The van der Waals surface area contributed by atoms with Gasteiger partial charge in [-0.1, -0.05) is 30.4 Å². The van der Waals surface area contributed by atoms with Crippen molar-refractivity contribution in [1.29, 1.82) is 0 Å². The number of aromatic carboxylic acids is 1. The van der Waals surface area contributed by atoms with Gasteiger partial charge in [0.2, 0.25) is 0 Å². The predicted octanol–water partition coefficient (Wildman–Crippen LogP) is 5.36. The van der Waals surface area contributed by atoms with E-state index in [1.807, 2.05) is 19.9 Å². The Hall–Kier alpha value is -3.12. The summed E-state index contributed by atoms with van der Waals surface area (Å²) in [5.74, 6) is -1.59. The molecular formula is C25H27FO5. The molecule has 1 aliphatic heterocycles. The first-order valence-electron chi connectivity index (χ1n) is 10.2. The molecule has 0 aromatic heterocycles. The van der Waals surface area contributed by atoms with Crippen molar-refractivity contribution in [2.24, 2.45) is 0 Å². The van der Waals surface area contributed by atoms with Gasteiger partial charge in [-0.25, -0.2) is 9.18 Å². The third-order valence-electron chi connectivity index (χ3n) is 5.27. The minimum absolute atomic E-state index is 0.0961. The summed E-state index contributed by atoms with van der Waals surface area (Å²) in [6.45, 7) is 9.05. The SMILES string of the molecule is C=C(c1ccc(F)cc1)c1cc(OC2CCOCC2)c(CC=C(C)C)c(O)c1C(=O)O. The third kappa shape index (κ3) is 5.33. The van der Waals surface area contributed by atoms with Crippen molar-refractivity contribution in [1.82, 2.24) is 0 Å². The molecule has 2 aromatic rings. The number of phenols is 1. The van der Waals surface area contributed by atoms with Crippen LogP contribution in [0.1, 0.15) is 53.7 Å². The number of aromatic hydroxyl groups is 1. The highest BCUT2D eigenvalue weighted by Gasteiger charge is 2.26. The molecular weight excluding hydrogens is 399 g/mol. The number of carboxylic acids is 1. The Morgan fingerprint density at radius 1 is 1.26 bits per heavy atom. The van der Waals surface area contributed by atoms with Crippen molar-refractivity contribution < 1.29 is 28.9 Å². The average molecular weight is 426 g/mol. The zero-order chi connectivity index (χ0) is 22.5. The smallest absolute Gasteiger partial charge is 0.340 e. The number of rotatable bonds is 7. The van der Waals surface area contributed by atoms with Crippen LogP contribution in [0.25, 0.3) is 5.57 Å². The number of halogens is 1. The van der Waals surface area contributed by atoms with E-state index in [0.717, 1.165) is 5.57 Å². The standard InChI is InChI=1S/C25H27FO5/c1-15(2)4-9-20-22(31-19-10-12-30-13-11-19)14-21(23(24(20)27)25(28)29)16(3)17-5-7-18(26)8-6-17/h4-8,14,19,27H,3,9-13H2,1-2H3,(H,28,29). The molecule has 1 heterocycles. The van der Waals surface area contributed by atoms with E-state index in [-0.39, 0.29) is 23.0 Å². The largest absolute Gasteiger partial charge is 0.507 e. The fourth-order valence-electron chi connectivity index (χ4n) is 3.53. The van der Waals surface area contributed by atoms with Crippen molar-refractivity contribution >= 4 is 11.5 Å². The molecule has 2 aromatic carbocycles. The number of allylic oxidation sites excluding steroid dienone is 2. The predicted molar refractivity (Wildman–Crippen MR) is 117 cm³/mol. The summed E-state index contributed by atoms with van der Waals surface area (Å²) in [5.41, 5.74) is 2.36. The molecule has 3 rings (SSSR count). The van der Waals surface area contributed by atoms with Crippen molar-refractivity contribution in [3.63, 3.8) is 0 Å². The van der Waals surface area contributed by atoms with Crippen LogP contribution in [0.15, 0.2) is 48.6 Å². The summed E-state index contributed by atoms with van der Waals surface area (Å²) in [6, 6.07) is 7.23. The number of hydrogen-bond donors (Lipinski definition) is 2. The lowest BCUT2D eigenvalue weighted by Crippen LogP contribution is -2.26. The van der Waals surface area contributed by atoms with Crippen LogP contribution in [0, 0.1) is 5.82 Å². The molecule has 0 atom stereocenters. The Morgan fingerprint density at radius 2 is 1.90 bits per heavy atom. The highest BCUT2D eigenvalue weighted by atomic mass is 19.1. The zero-order valence-electron chi connectivity index (χ0n) is 17.8. The molecule has 31 heavy (non-hydrogen) atoms. The van der Waals surface area contributed by atoms with E-state index in [1.54, 1.807) is 6.07 Å². The Morgan fingerprint density at radius 3 is 2.48 bits per heavy atom. The minimum Gasteiger partial charge on any atom is -0.507 e. The maximum atomic E-state index is 13.4. The molecule has 0 saturated carbocycles. The van der Waals surface area contributed by atoms with E-state index in [2.05, 4.69) is 6.58 Å². The van der Waals surface area contributed by atoms with Gasteiger partial charge in [-0.05, 0) is 49.6 Å². The van der Waals surface area contributed by atoms with Crippen molar-refractivity contribution in [2.45, 2.75) is 39.2 Å². The first kappa shape index (κ1) is 22.6. The Kier molecular flexibility index (Phi) is 7.13. The average Bonchev–Trinajstić information content (AvgIpc) is 2.73. The number of carboxylic acid groups (broad SMARTS) is 1. The molecule has 0 bridgehead atoms. The fraction of sp³-hybridized carbons (Fsp3) is 0.320. The Bertz CT molecular complexity index is 998. The van der Waals surface area contributed by atoms with Gasteiger partial charge in [-0.3, -0.25) is 0 Å². The summed E-state index contributed by atoms with van der Waals surface area (Å²) in [5, 5.41) is 20.9. The van der Waals surface area contributed by atoms with E-state index in [4.69, 9.17) is 9.47 Å². The topological polar surface area (TPSA) is 76.0 Å². The van der Waals surface area contributed by atoms with Crippen LogP contribution >= 0.6 is 0 Å². The highest BCUT2D eigenvalue weighted by Crippen LogP contribution is 2.40. The molecule has 0 unspecified atom stereocenters. The van der Waals surface area contributed by atoms with Gasteiger partial charge in [-0.15, -0.1) is 0 Å². The number of carbonyl (C=O) groups is 1. The second-order valence-corrected chi connectivity index (χ2v) is 7.83. The molecule has 0 radical (unpaired) electrons. The molecule has 1 aliphatic rings. The first-order valence-corrected chi connectivity index (χ1v) is 10.2. The van der Waals surface area contributed by atoms with Crippen LogP contribution < -0.4 is 4.74 Å². The first-order chi connectivity index (χ1) is 14.8. The monoisotopic (exact) mass is 426 g/mol. The lowest BCUT2D eigenvalue weighted by atomic mass is 9.91. The van der Waals surface area contributed by atoms with Crippen LogP contribution in [-0.2, 0) is 11.2 Å². The summed E-state index contributed by atoms with van der Waals surface area (Å²) < 4.78 is 25.0. The van der Waals surface area contributed by atoms with Crippen LogP contribution in [0.2, 0.25) is 0 Å². The van der Waals surface area contributed by atoms with Gasteiger partial charge in [0, 0.05) is 24.0 Å². The van der Waals surface area contributed by atoms with Gasteiger partial charge in [-0.2, -0.15) is 0 Å². The molecule has 2 N–H and O–H groups in total. The molecule has 1 fully saturated rings. The van der Waals surface area contributed by atoms with Crippen LogP contribution in [0.5, 0.6) is 11.5 Å². The van der Waals surface area contributed by atoms with E-state index in [9.17, 15) is 19.4 Å². The molecule has 164 valence electrons. The maximum absolute atomic E-state index is 13.4. The minimum atomic E-state index is -1.27. The van der Waals surface area contributed by atoms with Crippen molar-refractivity contribution in [2.75, 3.05) is 13.2 Å². The van der Waals surface area contributed by atoms with Crippen LogP contribution in [0.4, 0.5) is 4.39 Å². The number of benzene rings is 2. The van der Waals surface area contributed by atoms with E-state index >= 15 is 0 Å². The van der Waals surface area contributed by atoms with Gasteiger partial charge in [0.15, 0.2) is 0 Å². The molecule has 0 amide bonds. The number of hydrogen-bond acceptors (Lipinski definition) is 4. The Balaban J connectivity index is 2.14. The van der Waals surface area contributed by atoms with Crippen LogP contribution in [0.3, 0.4) is 0 Å². The summed E-state index contributed by atoms with van der Waals surface area (Å²) in [4.78, 5) is 12.1. The lowest BCUT2D eigenvalue weighted by Gasteiger charge is -2.26. The van der Waals surface area contributed by atoms with Gasteiger partial charge in [0.1, 0.15) is 29.0 Å². The molecule has 0 spiro atoms. The molecule has 6 heteroatoms. The van der Waals surface area contributed by atoms with Crippen molar-refractivity contribution in [3.05, 3.63) is 76.6 Å². The second kappa shape index (κ2) is 9.79.